The normalized spacial score (nSPS) is 9.89. The van der Waals surface area contributed by atoms with Crippen molar-refractivity contribution in [3.8, 4) is 11.5 Å². The van der Waals surface area contributed by atoms with Gasteiger partial charge in [0, 0.05) is 12.1 Å². The van der Waals surface area contributed by atoms with E-state index in [-0.39, 0.29) is 21.5 Å². The van der Waals surface area contributed by atoms with Gasteiger partial charge in [0.1, 0.15) is 11.5 Å². The van der Waals surface area contributed by atoms with Crippen LogP contribution in [0, 0.1) is 0 Å². The molecule has 0 spiro atoms. The molecule has 1 aromatic rings. The van der Waals surface area contributed by atoms with Crippen molar-refractivity contribution in [2.24, 2.45) is 0 Å². The number of hydrogen-bond donors (Lipinski definition) is 2. The quantitative estimate of drug-likeness (QED) is 0.832. The summed E-state index contributed by atoms with van der Waals surface area (Å²) in [6, 6.07) is 2.51. The number of carboxylic acid groups (broad SMARTS) is 2. The smallest absolute Gasteiger partial charge is 0.341 e. The minimum absolute atomic E-state index is 0.0704. The second-order valence-corrected chi connectivity index (χ2v) is 3.89. The van der Waals surface area contributed by atoms with Crippen LogP contribution in [-0.2, 0) is 9.59 Å². The molecule has 0 unspecified atom stereocenters. The van der Waals surface area contributed by atoms with Crippen molar-refractivity contribution in [1.29, 1.82) is 0 Å². The second-order valence-electron chi connectivity index (χ2n) is 3.08. The minimum atomic E-state index is -1.16. The van der Waals surface area contributed by atoms with Crippen LogP contribution in [0.5, 0.6) is 11.5 Å². The molecule has 8 heteroatoms. The summed E-state index contributed by atoms with van der Waals surface area (Å²) < 4.78 is 9.74. The lowest BCUT2D eigenvalue weighted by Crippen LogP contribution is -2.11. The molecule has 0 aliphatic carbocycles. The molecule has 1 aromatic carbocycles. The molecular formula is C10H8Cl2O6. The summed E-state index contributed by atoms with van der Waals surface area (Å²) in [5.41, 5.74) is 0. The lowest BCUT2D eigenvalue weighted by atomic mass is 10.3. The van der Waals surface area contributed by atoms with E-state index in [1.165, 1.54) is 12.1 Å². The largest absolute Gasteiger partial charge is 0.480 e. The first kappa shape index (κ1) is 14.4. The summed E-state index contributed by atoms with van der Waals surface area (Å²) in [6.07, 6.45) is 0. The van der Waals surface area contributed by atoms with E-state index < -0.39 is 25.2 Å². The molecule has 0 aliphatic heterocycles. The topological polar surface area (TPSA) is 93.1 Å². The van der Waals surface area contributed by atoms with Crippen LogP contribution in [0.2, 0.25) is 10.0 Å². The molecule has 0 aromatic heterocycles. The molecule has 1 rings (SSSR count). The predicted octanol–water partition coefficient (Wildman–Crippen LogP) is 1.92. The van der Waals surface area contributed by atoms with Crippen molar-refractivity contribution in [3.63, 3.8) is 0 Å². The van der Waals surface area contributed by atoms with Gasteiger partial charge in [-0.3, -0.25) is 0 Å². The number of carbonyl (C=O) groups is 2. The highest BCUT2D eigenvalue weighted by Crippen LogP contribution is 2.35. The Labute approximate surface area is 112 Å². The molecule has 0 radical (unpaired) electrons. The third-order valence-corrected chi connectivity index (χ3v) is 2.28. The van der Waals surface area contributed by atoms with Crippen molar-refractivity contribution in [2.45, 2.75) is 0 Å². The maximum Gasteiger partial charge on any atom is 0.341 e. The maximum atomic E-state index is 10.3. The van der Waals surface area contributed by atoms with E-state index in [0.29, 0.717) is 0 Å². The molecule has 0 aliphatic rings. The Morgan fingerprint density at radius 1 is 0.944 bits per heavy atom. The number of aliphatic carboxylic acids is 2. The monoisotopic (exact) mass is 294 g/mol. The van der Waals surface area contributed by atoms with Gasteiger partial charge in [-0.1, -0.05) is 23.2 Å². The lowest BCUT2D eigenvalue weighted by molar-refractivity contribution is -0.140. The first-order chi connectivity index (χ1) is 8.40. The van der Waals surface area contributed by atoms with E-state index >= 15 is 0 Å². The van der Waals surface area contributed by atoms with Crippen molar-refractivity contribution in [3.05, 3.63) is 22.2 Å². The van der Waals surface area contributed by atoms with Crippen molar-refractivity contribution in [1.82, 2.24) is 0 Å². The molecule has 0 saturated heterocycles. The van der Waals surface area contributed by atoms with Crippen LogP contribution in [0.15, 0.2) is 12.1 Å². The highest BCUT2D eigenvalue weighted by molar-refractivity contribution is 6.35. The SMILES string of the molecule is O=C(O)COc1cc(Cl)c(OCC(=O)O)cc1Cl. The number of halogens is 2. The predicted molar refractivity (Wildman–Crippen MR) is 62.7 cm³/mol. The molecule has 18 heavy (non-hydrogen) atoms. The van der Waals surface area contributed by atoms with Crippen molar-refractivity contribution in [2.75, 3.05) is 13.2 Å². The zero-order valence-electron chi connectivity index (χ0n) is 8.85. The van der Waals surface area contributed by atoms with Gasteiger partial charge in [0.15, 0.2) is 13.2 Å². The lowest BCUT2D eigenvalue weighted by Gasteiger charge is -2.10. The fraction of sp³-hybridized carbons (Fsp3) is 0.200. The first-order valence-corrected chi connectivity index (χ1v) is 5.34. The first-order valence-electron chi connectivity index (χ1n) is 4.58. The Morgan fingerprint density at radius 3 is 1.56 bits per heavy atom. The van der Waals surface area contributed by atoms with E-state index in [4.69, 9.17) is 42.9 Å². The van der Waals surface area contributed by atoms with E-state index in [1.54, 1.807) is 0 Å². The number of rotatable bonds is 6. The van der Waals surface area contributed by atoms with E-state index in [2.05, 4.69) is 0 Å². The summed E-state index contributed by atoms with van der Waals surface area (Å²) in [7, 11) is 0. The zero-order valence-corrected chi connectivity index (χ0v) is 10.4. The van der Waals surface area contributed by atoms with Crippen LogP contribution in [0.3, 0.4) is 0 Å². The molecule has 0 amide bonds. The van der Waals surface area contributed by atoms with Crippen molar-refractivity contribution >= 4 is 35.1 Å². The molecule has 2 N–H and O–H groups in total. The van der Waals surface area contributed by atoms with Crippen molar-refractivity contribution < 1.29 is 29.3 Å². The highest BCUT2D eigenvalue weighted by Gasteiger charge is 2.11. The summed E-state index contributed by atoms with van der Waals surface area (Å²) in [5.74, 6) is -2.17. The minimum Gasteiger partial charge on any atom is -0.480 e. The third-order valence-electron chi connectivity index (χ3n) is 1.69. The zero-order chi connectivity index (χ0) is 13.7. The summed E-state index contributed by atoms with van der Waals surface area (Å²) in [6.45, 7) is -1.13. The fourth-order valence-corrected chi connectivity index (χ4v) is 1.43. The third kappa shape index (κ3) is 4.31. The Morgan fingerprint density at radius 2 is 1.28 bits per heavy atom. The molecule has 0 fully saturated rings. The Hall–Kier alpha value is -1.66. The number of hydrogen-bond acceptors (Lipinski definition) is 4. The average Bonchev–Trinajstić information content (AvgIpc) is 2.27. The molecule has 0 atom stereocenters. The number of ether oxygens (including phenoxy) is 2. The number of carboxylic acids is 2. The molecule has 98 valence electrons. The fourth-order valence-electron chi connectivity index (χ4n) is 1.01. The van der Waals surface area contributed by atoms with Gasteiger partial charge in [-0.25, -0.2) is 9.59 Å². The standard InChI is InChI=1S/C10H8Cl2O6/c11-5-1-7(17-3-9(13)14)6(12)2-8(5)18-4-10(15)16/h1-2H,3-4H2,(H,13,14)(H,15,16). The van der Waals surface area contributed by atoms with Gasteiger partial charge >= 0.3 is 11.9 Å². The molecular weight excluding hydrogens is 287 g/mol. The van der Waals surface area contributed by atoms with Crippen LogP contribution in [0.25, 0.3) is 0 Å². The molecule has 0 bridgehead atoms. The van der Waals surface area contributed by atoms with Gasteiger partial charge in [-0.2, -0.15) is 0 Å². The summed E-state index contributed by atoms with van der Waals surface area (Å²) in [5, 5.41) is 17.0. The van der Waals surface area contributed by atoms with Gasteiger partial charge in [-0.05, 0) is 0 Å². The van der Waals surface area contributed by atoms with Crippen LogP contribution in [0.1, 0.15) is 0 Å². The van der Waals surface area contributed by atoms with Gasteiger partial charge in [0.25, 0.3) is 0 Å². The number of benzene rings is 1. The van der Waals surface area contributed by atoms with E-state index in [9.17, 15) is 9.59 Å². The van der Waals surface area contributed by atoms with E-state index in [0.717, 1.165) is 0 Å². The van der Waals surface area contributed by atoms with Crippen LogP contribution >= 0.6 is 23.2 Å². The van der Waals surface area contributed by atoms with Gasteiger partial charge in [-0.15, -0.1) is 0 Å². The Bertz CT molecular complexity index is 430. The molecule has 0 saturated carbocycles. The van der Waals surface area contributed by atoms with Gasteiger partial charge in [0.05, 0.1) is 10.0 Å². The van der Waals surface area contributed by atoms with Crippen LogP contribution in [-0.4, -0.2) is 35.4 Å². The summed E-state index contributed by atoms with van der Waals surface area (Å²) in [4.78, 5) is 20.6. The maximum absolute atomic E-state index is 10.3. The second kappa shape index (κ2) is 6.32. The van der Waals surface area contributed by atoms with E-state index in [1.807, 2.05) is 0 Å². The molecule has 0 heterocycles. The summed E-state index contributed by atoms with van der Waals surface area (Å²) >= 11 is 11.6. The Kier molecular flexibility index (Phi) is 5.06. The Balaban J connectivity index is 2.82. The van der Waals surface area contributed by atoms with Gasteiger partial charge < -0.3 is 19.7 Å². The van der Waals surface area contributed by atoms with Gasteiger partial charge in [0.2, 0.25) is 0 Å². The van der Waals surface area contributed by atoms with Crippen LogP contribution in [0.4, 0.5) is 0 Å². The van der Waals surface area contributed by atoms with Crippen LogP contribution < -0.4 is 9.47 Å². The molecule has 6 nitrogen and oxygen atoms in total. The highest BCUT2D eigenvalue weighted by atomic mass is 35.5. The average molecular weight is 295 g/mol.